The van der Waals surface area contributed by atoms with E-state index in [0.29, 0.717) is 10.0 Å². The number of rotatable bonds is 6. The maximum atomic E-state index is 6.15. The number of aromatic nitrogens is 1. The van der Waals surface area contributed by atoms with E-state index in [1.54, 1.807) is 29.7 Å². The molecule has 0 saturated heterocycles. The summed E-state index contributed by atoms with van der Waals surface area (Å²) in [6.45, 7) is 2.17. The van der Waals surface area contributed by atoms with Gasteiger partial charge in [-0.3, -0.25) is 5.43 Å². The molecular weight excluding hydrogens is 373 g/mol. The third kappa shape index (κ3) is 4.60. The van der Waals surface area contributed by atoms with Crippen molar-refractivity contribution in [1.29, 1.82) is 0 Å². The first-order chi connectivity index (χ1) is 12.2. The lowest BCUT2D eigenvalue weighted by atomic mass is 10.1. The molecule has 0 unspecified atom stereocenters. The van der Waals surface area contributed by atoms with E-state index in [1.165, 1.54) is 4.88 Å². The van der Waals surface area contributed by atoms with Crippen LogP contribution in [-0.2, 0) is 6.42 Å². The van der Waals surface area contributed by atoms with E-state index in [0.717, 1.165) is 34.8 Å². The highest BCUT2D eigenvalue weighted by Gasteiger charge is 2.12. The van der Waals surface area contributed by atoms with Crippen molar-refractivity contribution in [3.05, 3.63) is 69.0 Å². The smallest absolute Gasteiger partial charge is 0.204 e. The third-order valence-corrected chi connectivity index (χ3v) is 5.13. The number of aryl methyl sites for hydroxylation is 1. The second-order valence-electron chi connectivity index (χ2n) is 5.44. The first-order valence-corrected chi connectivity index (χ1v) is 9.54. The van der Waals surface area contributed by atoms with Crippen LogP contribution < -0.4 is 5.43 Å². The zero-order valence-corrected chi connectivity index (χ0v) is 16.0. The largest absolute Gasteiger partial charge is 0.253 e. The van der Waals surface area contributed by atoms with Gasteiger partial charge in [-0.1, -0.05) is 84.3 Å². The Morgan fingerprint density at radius 2 is 1.96 bits per heavy atom. The average Bonchev–Trinajstić information content (AvgIpc) is 3.01. The fourth-order valence-electron chi connectivity index (χ4n) is 2.38. The summed E-state index contributed by atoms with van der Waals surface area (Å²) in [7, 11) is 0. The van der Waals surface area contributed by atoms with E-state index >= 15 is 0 Å². The van der Waals surface area contributed by atoms with Gasteiger partial charge in [-0.15, -0.1) is 0 Å². The normalized spacial score (nSPS) is 11.2. The zero-order chi connectivity index (χ0) is 17.6. The molecule has 128 valence electrons. The molecule has 1 N–H and O–H groups in total. The van der Waals surface area contributed by atoms with Gasteiger partial charge in [0.2, 0.25) is 5.13 Å². The lowest BCUT2D eigenvalue weighted by Gasteiger charge is -2.00. The van der Waals surface area contributed by atoms with Crippen LogP contribution in [0.1, 0.15) is 23.8 Å². The highest BCUT2D eigenvalue weighted by atomic mass is 35.5. The van der Waals surface area contributed by atoms with Gasteiger partial charge in [0.1, 0.15) is 0 Å². The highest BCUT2D eigenvalue weighted by Crippen LogP contribution is 2.32. The minimum Gasteiger partial charge on any atom is -0.253 e. The van der Waals surface area contributed by atoms with Crippen LogP contribution in [0.3, 0.4) is 0 Å². The van der Waals surface area contributed by atoms with E-state index in [1.807, 2.05) is 24.3 Å². The number of hydrazone groups is 1. The van der Waals surface area contributed by atoms with Crippen molar-refractivity contribution >= 4 is 45.9 Å². The Morgan fingerprint density at radius 1 is 1.16 bits per heavy atom. The molecule has 2 aromatic carbocycles. The summed E-state index contributed by atoms with van der Waals surface area (Å²) >= 11 is 13.7. The van der Waals surface area contributed by atoms with Gasteiger partial charge in [-0.05, 0) is 18.6 Å². The number of thiazole rings is 1. The molecule has 0 spiro atoms. The van der Waals surface area contributed by atoms with Gasteiger partial charge in [0.05, 0.1) is 16.9 Å². The Labute approximate surface area is 161 Å². The van der Waals surface area contributed by atoms with Crippen LogP contribution in [0, 0.1) is 0 Å². The quantitative estimate of drug-likeness (QED) is 0.385. The van der Waals surface area contributed by atoms with Gasteiger partial charge in [-0.25, -0.2) is 4.98 Å². The van der Waals surface area contributed by atoms with Crippen molar-refractivity contribution in [3.63, 3.8) is 0 Å². The summed E-state index contributed by atoms with van der Waals surface area (Å²) in [5.41, 5.74) is 5.96. The fourth-order valence-corrected chi connectivity index (χ4v) is 3.87. The van der Waals surface area contributed by atoms with Gasteiger partial charge in [0.25, 0.3) is 0 Å². The topological polar surface area (TPSA) is 37.3 Å². The van der Waals surface area contributed by atoms with E-state index < -0.39 is 0 Å². The fraction of sp³-hybridized carbons (Fsp3) is 0.158. The molecule has 0 aliphatic rings. The number of hydrogen-bond acceptors (Lipinski definition) is 4. The molecule has 6 heteroatoms. The SMILES string of the molecule is CCCc1sc(N/N=C/c2ccc(Cl)cc2Cl)nc1-c1ccccc1. The lowest BCUT2D eigenvalue weighted by Crippen LogP contribution is -1.91. The predicted molar refractivity (Wildman–Crippen MR) is 109 cm³/mol. The minimum atomic E-state index is 0.564. The number of hydrogen-bond donors (Lipinski definition) is 1. The van der Waals surface area contributed by atoms with Crippen LogP contribution in [0.2, 0.25) is 10.0 Å². The first kappa shape index (κ1) is 17.9. The van der Waals surface area contributed by atoms with Crippen LogP contribution in [0.4, 0.5) is 5.13 Å². The van der Waals surface area contributed by atoms with Crippen molar-refractivity contribution in [3.8, 4) is 11.3 Å². The summed E-state index contributed by atoms with van der Waals surface area (Å²) in [6.07, 6.45) is 3.74. The summed E-state index contributed by atoms with van der Waals surface area (Å²) in [6, 6.07) is 15.5. The second-order valence-corrected chi connectivity index (χ2v) is 7.37. The summed E-state index contributed by atoms with van der Waals surface area (Å²) < 4.78 is 0. The molecule has 25 heavy (non-hydrogen) atoms. The molecule has 3 rings (SSSR count). The van der Waals surface area contributed by atoms with Gasteiger partial charge >= 0.3 is 0 Å². The van der Waals surface area contributed by atoms with Gasteiger partial charge in [0, 0.05) is 21.0 Å². The first-order valence-electron chi connectivity index (χ1n) is 7.96. The molecule has 0 aliphatic heterocycles. The van der Waals surface area contributed by atoms with E-state index in [4.69, 9.17) is 28.2 Å². The van der Waals surface area contributed by atoms with Crippen molar-refractivity contribution in [1.82, 2.24) is 4.98 Å². The maximum Gasteiger partial charge on any atom is 0.204 e. The minimum absolute atomic E-state index is 0.564. The van der Waals surface area contributed by atoms with E-state index in [2.05, 4.69) is 29.6 Å². The molecular formula is C19H17Cl2N3S. The van der Waals surface area contributed by atoms with Crippen molar-refractivity contribution in [2.75, 3.05) is 5.43 Å². The van der Waals surface area contributed by atoms with Crippen molar-refractivity contribution in [2.24, 2.45) is 5.10 Å². The highest BCUT2D eigenvalue weighted by molar-refractivity contribution is 7.16. The molecule has 3 nitrogen and oxygen atoms in total. The lowest BCUT2D eigenvalue weighted by molar-refractivity contribution is 0.938. The van der Waals surface area contributed by atoms with Gasteiger partial charge in [0.15, 0.2) is 0 Å². The molecule has 0 saturated carbocycles. The molecule has 1 heterocycles. The Balaban J connectivity index is 1.80. The van der Waals surface area contributed by atoms with Crippen LogP contribution in [0.5, 0.6) is 0 Å². The molecule has 3 aromatic rings. The Morgan fingerprint density at radius 3 is 2.68 bits per heavy atom. The number of nitrogens with zero attached hydrogens (tertiary/aromatic N) is 2. The van der Waals surface area contributed by atoms with E-state index in [9.17, 15) is 0 Å². The van der Waals surface area contributed by atoms with Crippen LogP contribution in [0.25, 0.3) is 11.3 Å². The molecule has 0 atom stereocenters. The Kier molecular flexibility index (Phi) is 6.08. The second kappa shape index (κ2) is 8.48. The standard InChI is InChI=1S/C19H17Cl2N3S/c1-2-6-17-18(13-7-4-3-5-8-13)23-19(25-17)24-22-12-14-9-10-15(20)11-16(14)21/h3-5,7-12H,2,6H2,1H3,(H,23,24)/b22-12+. The van der Waals surface area contributed by atoms with Crippen molar-refractivity contribution in [2.45, 2.75) is 19.8 Å². The molecule has 0 amide bonds. The number of halogens is 2. The van der Waals surface area contributed by atoms with Crippen molar-refractivity contribution < 1.29 is 0 Å². The molecule has 0 aliphatic carbocycles. The van der Waals surface area contributed by atoms with Gasteiger partial charge < -0.3 is 0 Å². The Hall–Kier alpha value is -1.88. The average molecular weight is 390 g/mol. The molecule has 0 bridgehead atoms. The summed E-state index contributed by atoms with van der Waals surface area (Å²) in [4.78, 5) is 5.97. The predicted octanol–water partition coefficient (Wildman–Crippen LogP) is 6.52. The van der Waals surface area contributed by atoms with Crippen LogP contribution in [-0.4, -0.2) is 11.2 Å². The molecule has 0 fully saturated rings. The molecule has 0 radical (unpaired) electrons. The van der Waals surface area contributed by atoms with E-state index in [-0.39, 0.29) is 0 Å². The maximum absolute atomic E-state index is 6.15. The van der Waals surface area contributed by atoms with Crippen LogP contribution >= 0.6 is 34.5 Å². The monoisotopic (exact) mass is 389 g/mol. The third-order valence-electron chi connectivity index (χ3n) is 3.55. The number of benzene rings is 2. The Bertz CT molecular complexity index is 876. The zero-order valence-electron chi connectivity index (χ0n) is 13.7. The van der Waals surface area contributed by atoms with Gasteiger partial charge in [-0.2, -0.15) is 5.10 Å². The summed E-state index contributed by atoms with van der Waals surface area (Å²) in [5, 5.41) is 6.19. The van der Waals surface area contributed by atoms with Crippen LogP contribution in [0.15, 0.2) is 53.6 Å². The summed E-state index contributed by atoms with van der Waals surface area (Å²) in [5.74, 6) is 0. The number of nitrogens with one attached hydrogen (secondary N) is 1. The molecule has 1 aromatic heterocycles. The number of anilines is 1.